The van der Waals surface area contributed by atoms with Crippen molar-refractivity contribution >= 4 is 12.0 Å². The van der Waals surface area contributed by atoms with Crippen LogP contribution < -0.4 is 14.2 Å². The van der Waals surface area contributed by atoms with Crippen LogP contribution in [-0.2, 0) is 9.53 Å². The van der Waals surface area contributed by atoms with Crippen molar-refractivity contribution in [3.63, 3.8) is 0 Å². The van der Waals surface area contributed by atoms with E-state index in [4.69, 9.17) is 18.9 Å². The molecular formula is C49H88O5. The number of hydrogen-bond acceptors (Lipinski definition) is 5. The fourth-order valence-corrected chi connectivity index (χ4v) is 6.87. The molecule has 0 heterocycles. The Balaban J connectivity index is 2.88. The first-order valence-electron chi connectivity index (χ1n) is 23.3. The summed E-state index contributed by atoms with van der Waals surface area (Å²) in [7, 11) is 0. The Morgan fingerprint density at radius 3 is 1.22 bits per heavy atom. The molecule has 0 fully saturated rings. The average Bonchev–Trinajstić information content (AvgIpc) is 3.14. The lowest BCUT2D eigenvalue weighted by Crippen LogP contribution is -2.22. The maximum absolute atomic E-state index is 12.7. The highest BCUT2D eigenvalue weighted by Gasteiger charge is 2.17. The zero-order valence-electron chi connectivity index (χ0n) is 36.7. The monoisotopic (exact) mass is 757 g/mol. The van der Waals surface area contributed by atoms with Gasteiger partial charge in [0, 0.05) is 17.7 Å². The molecule has 0 aliphatic carbocycles. The van der Waals surface area contributed by atoms with E-state index in [1.54, 1.807) is 0 Å². The maximum atomic E-state index is 12.7. The molecule has 0 bridgehead atoms. The molecular weight excluding hydrogens is 669 g/mol. The molecule has 1 rings (SSSR count). The summed E-state index contributed by atoms with van der Waals surface area (Å²) in [6, 6.07) is 4.00. The van der Waals surface area contributed by atoms with Crippen LogP contribution in [0.1, 0.15) is 240 Å². The fraction of sp³-hybridized carbons (Fsp3) is 0.816. The Bertz CT molecular complexity index is 1030. The molecule has 0 atom stereocenters. The van der Waals surface area contributed by atoms with Crippen molar-refractivity contribution in [2.75, 3.05) is 19.8 Å². The Hall–Kier alpha value is -2.17. The van der Waals surface area contributed by atoms with Gasteiger partial charge in [0.15, 0.2) is 11.5 Å². The van der Waals surface area contributed by atoms with Crippen LogP contribution in [0, 0.1) is 0 Å². The number of unbranched alkanes of at least 4 members (excludes halogenated alkanes) is 27. The number of ether oxygens (including phenoxy) is 4. The first-order chi connectivity index (χ1) is 26.3. The maximum Gasteiger partial charge on any atom is 0.331 e. The number of carbonyl (C=O) groups excluding carboxylic acids is 1. The number of rotatable bonds is 38. The van der Waals surface area contributed by atoms with Gasteiger partial charge in [-0.15, -0.1) is 0 Å². The van der Waals surface area contributed by atoms with Gasteiger partial charge in [-0.1, -0.05) is 194 Å². The molecule has 0 amide bonds. The summed E-state index contributed by atoms with van der Waals surface area (Å²) in [6.45, 7) is 14.4. The van der Waals surface area contributed by atoms with E-state index in [2.05, 4.69) is 20.8 Å². The first-order valence-corrected chi connectivity index (χ1v) is 23.3. The molecule has 54 heavy (non-hydrogen) atoms. The SMILES string of the molecule is CCCCCCCCCCCCOc1cc(C=CC(=O)OC(C)(C)C)c(OCCCCCCCCCCCC)c(OCCCCCCCCCCCC)c1. The molecule has 0 aliphatic rings. The van der Waals surface area contributed by atoms with Gasteiger partial charge in [0.1, 0.15) is 11.4 Å². The molecule has 314 valence electrons. The minimum absolute atomic E-state index is 0.368. The topological polar surface area (TPSA) is 54.0 Å². The Labute approximate surface area is 335 Å². The van der Waals surface area contributed by atoms with Gasteiger partial charge in [0.2, 0.25) is 0 Å². The van der Waals surface area contributed by atoms with E-state index in [-0.39, 0.29) is 5.97 Å². The van der Waals surface area contributed by atoms with Crippen LogP contribution in [0.2, 0.25) is 0 Å². The molecule has 0 N–H and O–H groups in total. The Kier molecular flexibility index (Phi) is 32.5. The van der Waals surface area contributed by atoms with Crippen LogP contribution in [0.4, 0.5) is 0 Å². The van der Waals surface area contributed by atoms with Gasteiger partial charge in [-0.25, -0.2) is 4.79 Å². The molecule has 5 nitrogen and oxygen atoms in total. The third kappa shape index (κ3) is 30.1. The van der Waals surface area contributed by atoms with Gasteiger partial charge in [0.25, 0.3) is 0 Å². The van der Waals surface area contributed by atoms with E-state index < -0.39 is 5.60 Å². The molecule has 5 heteroatoms. The number of benzene rings is 1. The number of hydrogen-bond donors (Lipinski definition) is 0. The lowest BCUT2D eigenvalue weighted by Gasteiger charge is -2.19. The summed E-state index contributed by atoms with van der Waals surface area (Å²) in [4.78, 5) is 12.7. The van der Waals surface area contributed by atoms with Crippen molar-refractivity contribution in [1.29, 1.82) is 0 Å². The van der Waals surface area contributed by atoms with Crippen LogP contribution in [0.3, 0.4) is 0 Å². The van der Waals surface area contributed by atoms with Gasteiger partial charge < -0.3 is 18.9 Å². The summed E-state index contributed by atoms with van der Waals surface area (Å²) in [5.74, 6) is 1.80. The molecule has 1 aromatic rings. The van der Waals surface area contributed by atoms with Crippen molar-refractivity contribution in [3.8, 4) is 17.2 Å². The summed E-state index contributed by atoms with van der Waals surface area (Å²) >= 11 is 0. The molecule has 1 aromatic carbocycles. The third-order valence-electron chi connectivity index (χ3n) is 10.1. The Morgan fingerprint density at radius 1 is 0.481 bits per heavy atom. The normalized spacial score (nSPS) is 11.7. The van der Waals surface area contributed by atoms with E-state index in [0.29, 0.717) is 31.3 Å². The first kappa shape index (κ1) is 49.8. The predicted octanol–water partition coefficient (Wildman–Crippen LogP) is 15.9. The highest BCUT2D eigenvalue weighted by Crippen LogP contribution is 2.38. The van der Waals surface area contributed by atoms with E-state index in [1.807, 2.05) is 39.0 Å². The van der Waals surface area contributed by atoms with E-state index >= 15 is 0 Å². The summed E-state index contributed by atoms with van der Waals surface area (Å²) in [5, 5.41) is 0. The molecule has 0 saturated heterocycles. The van der Waals surface area contributed by atoms with E-state index in [1.165, 1.54) is 173 Å². The van der Waals surface area contributed by atoms with Crippen LogP contribution >= 0.6 is 0 Å². The minimum atomic E-state index is -0.556. The van der Waals surface area contributed by atoms with Crippen molar-refractivity contribution in [2.24, 2.45) is 0 Å². The van der Waals surface area contributed by atoms with Gasteiger partial charge in [-0.3, -0.25) is 0 Å². The van der Waals surface area contributed by atoms with Crippen molar-refractivity contribution < 1.29 is 23.7 Å². The fourth-order valence-electron chi connectivity index (χ4n) is 6.87. The van der Waals surface area contributed by atoms with Gasteiger partial charge in [0.05, 0.1) is 19.8 Å². The average molecular weight is 757 g/mol. The van der Waals surface area contributed by atoms with Crippen LogP contribution in [-0.4, -0.2) is 31.4 Å². The van der Waals surface area contributed by atoms with Crippen molar-refractivity contribution in [1.82, 2.24) is 0 Å². The van der Waals surface area contributed by atoms with Crippen LogP contribution in [0.15, 0.2) is 18.2 Å². The minimum Gasteiger partial charge on any atom is -0.493 e. The summed E-state index contributed by atoms with van der Waals surface area (Å²) in [6.07, 6.45) is 42.0. The van der Waals surface area contributed by atoms with Gasteiger partial charge in [-0.2, -0.15) is 0 Å². The predicted molar refractivity (Wildman–Crippen MR) is 233 cm³/mol. The Morgan fingerprint density at radius 2 is 0.833 bits per heavy atom. The molecule has 0 radical (unpaired) electrons. The van der Waals surface area contributed by atoms with E-state index in [9.17, 15) is 4.79 Å². The molecule has 0 aromatic heterocycles. The zero-order valence-corrected chi connectivity index (χ0v) is 36.7. The highest BCUT2D eigenvalue weighted by molar-refractivity contribution is 5.88. The van der Waals surface area contributed by atoms with E-state index in [0.717, 1.165) is 37.0 Å². The second-order valence-electron chi connectivity index (χ2n) is 16.8. The molecule has 0 aliphatic heterocycles. The molecule has 0 spiro atoms. The van der Waals surface area contributed by atoms with Gasteiger partial charge >= 0.3 is 5.97 Å². The largest absolute Gasteiger partial charge is 0.493 e. The molecule has 0 unspecified atom stereocenters. The quantitative estimate of drug-likeness (QED) is 0.0382. The number of esters is 1. The molecule has 0 saturated carbocycles. The standard InChI is InChI=1S/C49H88O5/c1-7-10-13-16-19-22-25-28-31-34-39-51-45-42-44(37-38-47(50)54-49(4,5)6)48(53-41-36-33-30-27-24-21-18-15-12-9-3)46(43-45)52-40-35-32-29-26-23-20-17-14-11-8-2/h37-38,42-43H,7-36,39-41H2,1-6H3. The lowest BCUT2D eigenvalue weighted by molar-refractivity contribution is -0.148. The van der Waals surface area contributed by atoms with Gasteiger partial charge in [-0.05, 0) is 52.2 Å². The number of carbonyl (C=O) groups is 1. The van der Waals surface area contributed by atoms with Crippen LogP contribution in [0.5, 0.6) is 17.2 Å². The second kappa shape index (κ2) is 35.3. The zero-order chi connectivity index (χ0) is 39.4. The van der Waals surface area contributed by atoms with Crippen molar-refractivity contribution in [3.05, 3.63) is 23.8 Å². The smallest absolute Gasteiger partial charge is 0.331 e. The lowest BCUT2D eigenvalue weighted by atomic mass is 10.1. The third-order valence-corrected chi connectivity index (χ3v) is 10.1. The summed E-state index contributed by atoms with van der Waals surface area (Å²) in [5.41, 5.74) is 0.242. The van der Waals surface area contributed by atoms with Crippen molar-refractivity contribution in [2.45, 2.75) is 240 Å². The highest BCUT2D eigenvalue weighted by atomic mass is 16.6. The second-order valence-corrected chi connectivity index (χ2v) is 16.8. The summed E-state index contributed by atoms with van der Waals surface area (Å²) < 4.78 is 24.9. The van der Waals surface area contributed by atoms with Crippen LogP contribution in [0.25, 0.3) is 6.08 Å².